The number of hydrogen-bond donors (Lipinski definition) is 0. The molecular weight excluding hydrogens is 160 g/mol. The summed E-state index contributed by atoms with van der Waals surface area (Å²) in [5.74, 6) is 3.00. The third kappa shape index (κ3) is 1.97. The molecule has 0 N–H and O–H groups in total. The summed E-state index contributed by atoms with van der Waals surface area (Å²) in [5, 5.41) is 3.97. The van der Waals surface area contributed by atoms with E-state index >= 15 is 0 Å². The second-order valence-corrected chi connectivity index (χ2v) is 2.55. The van der Waals surface area contributed by atoms with Crippen LogP contribution in [0.3, 0.4) is 0 Å². The van der Waals surface area contributed by atoms with E-state index in [1.807, 2.05) is 42.6 Å². The van der Waals surface area contributed by atoms with Gasteiger partial charge in [-0.1, -0.05) is 18.2 Å². The first-order valence-electron chi connectivity index (χ1n) is 4.02. The van der Waals surface area contributed by atoms with Crippen molar-refractivity contribution in [3.63, 3.8) is 0 Å². The van der Waals surface area contributed by atoms with Gasteiger partial charge in [0.15, 0.2) is 0 Å². The molecule has 2 nitrogen and oxygen atoms in total. The van der Waals surface area contributed by atoms with E-state index in [-0.39, 0.29) is 0 Å². The average Bonchev–Trinajstić information content (AvgIpc) is 2.69. The molecule has 1 aromatic carbocycles. The predicted molar refractivity (Wildman–Crippen MR) is 50.9 cm³/mol. The fourth-order valence-electron chi connectivity index (χ4n) is 0.978. The highest BCUT2D eigenvalue weighted by molar-refractivity contribution is 5.33. The largest absolute Gasteiger partial charge is 0.197 e. The summed E-state index contributed by atoms with van der Waals surface area (Å²) in [7, 11) is 0. The summed E-state index contributed by atoms with van der Waals surface area (Å²) < 4.78 is 1.59. The first-order valence-corrected chi connectivity index (χ1v) is 4.02. The van der Waals surface area contributed by atoms with Crippen LogP contribution < -0.4 is 0 Å². The zero-order chi connectivity index (χ0) is 8.93. The number of benzene rings is 1. The zero-order valence-corrected chi connectivity index (χ0v) is 7.01. The number of nitrogens with zero attached hydrogens (tertiary/aromatic N) is 2. The van der Waals surface area contributed by atoms with Crippen molar-refractivity contribution < 1.29 is 0 Å². The van der Waals surface area contributed by atoms with Gasteiger partial charge in [-0.3, -0.25) is 0 Å². The Morgan fingerprint density at radius 1 is 1.08 bits per heavy atom. The Labute approximate surface area is 76.8 Å². The third-order valence-electron chi connectivity index (χ3n) is 1.59. The highest BCUT2D eigenvalue weighted by Gasteiger charge is 1.82. The van der Waals surface area contributed by atoms with Crippen LogP contribution in [0.2, 0.25) is 0 Å². The van der Waals surface area contributed by atoms with Gasteiger partial charge in [-0.2, -0.15) is 9.78 Å². The molecule has 0 fully saturated rings. The summed E-state index contributed by atoms with van der Waals surface area (Å²) in [6.07, 6.45) is 3.52. The Kier molecular flexibility index (Phi) is 2.11. The van der Waals surface area contributed by atoms with Crippen molar-refractivity contribution in [2.24, 2.45) is 0 Å². The normalized spacial score (nSPS) is 8.92. The topological polar surface area (TPSA) is 17.8 Å². The van der Waals surface area contributed by atoms with Gasteiger partial charge in [0, 0.05) is 17.8 Å². The second-order valence-electron chi connectivity index (χ2n) is 2.55. The van der Waals surface area contributed by atoms with E-state index in [4.69, 9.17) is 0 Å². The zero-order valence-electron chi connectivity index (χ0n) is 7.01. The average molecular weight is 168 g/mol. The van der Waals surface area contributed by atoms with Gasteiger partial charge in [0.1, 0.15) is 0 Å². The molecule has 0 saturated carbocycles. The molecular formula is C11H8N2. The van der Waals surface area contributed by atoms with Gasteiger partial charge in [0.05, 0.1) is 6.20 Å². The lowest BCUT2D eigenvalue weighted by atomic mass is 10.2. The molecule has 2 heteroatoms. The first-order chi connectivity index (χ1) is 6.45. The van der Waals surface area contributed by atoms with Crippen molar-refractivity contribution in [2.45, 2.75) is 0 Å². The van der Waals surface area contributed by atoms with Crippen LogP contribution in [0.15, 0.2) is 48.8 Å². The Morgan fingerprint density at radius 2 is 1.92 bits per heavy atom. The molecule has 62 valence electrons. The molecule has 0 unspecified atom stereocenters. The number of rotatable bonds is 0. The van der Waals surface area contributed by atoms with Crippen molar-refractivity contribution in [2.75, 3.05) is 0 Å². The van der Waals surface area contributed by atoms with Gasteiger partial charge in [0.2, 0.25) is 0 Å². The molecule has 0 radical (unpaired) electrons. The highest BCUT2D eigenvalue weighted by Crippen LogP contribution is 1.94. The fraction of sp³-hybridized carbons (Fsp3) is 0. The maximum atomic E-state index is 3.97. The molecule has 2 aromatic rings. The van der Waals surface area contributed by atoms with E-state index in [9.17, 15) is 0 Å². The maximum Gasteiger partial charge on any atom is 0.0501 e. The summed E-state index contributed by atoms with van der Waals surface area (Å²) in [6.45, 7) is 0. The van der Waals surface area contributed by atoms with E-state index in [1.54, 1.807) is 10.9 Å². The lowest BCUT2D eigenvalue weighted by Gasteiger charge is -1.86. The standard InChI is InChI=1S/C11H8N2/c1-2-5-11(6-3-1)7-10-13-9-4-8-12-13/h1-6,8-9H. The Morgan fingerprint density at radius 3 is 2.62 bits per heavy atom. The van der Waals surface area contributed by atoms with E-state index in [0.717, 1.165) is 5.56 Å². The van der Waals surface area contributed by atoms with Crippen LogP contribution >= 0.6 is 0 Å². The monoisotopic (exact) mass is 168 g/mol. The van der Waals surface area contributed by atoms with Gasteiger partial charge < -0.3 is 0 Å². The van der Waals surface area contributed by atoms with Crippen LogP contribution in [0.1, 0.15) is 5.56 Å². The molecule has 0 amide bonds. The van der Waals surface area contributed by atoms with Crippen molar-refractivity contribution in [3.8, 4) is 12.0 Å². The summed E-state index contributed by atoms with van der Waals surface area (Å²) in [6, 6.07) is 14.6. The SMILES string of the molecule is C(#Cn1cccn1)c1ccccc1. The highest BCUT2D eigenvalue weighted by atomic mass is 15.2. The molecule has 1 aromatic heterocycles. The molecule has 0 saturated heterocycles. The predicted octanol–water partition coefficient (Wildman–Crippen LogP) is 1.74. The van der Waals surface area contributed by atoms with E-state index in [1.165, 1.54) is 0 Å². The molecule has 1 heterocycles. The number of aromatic nitrogens is 2. The quantitative estimate of drug-likeness (QED) is 0.548. The first kappa shape index (κ1) is 7.63. The van der Waals surface area contributed by atoms with Gasteiger partial charge in [-0.15, -0.1) is 0 Å². The van der Waals surface area contributed by atoms with Crippen molar-refractivity contribution in [3.05, 3.63) is 54.4 Å². The summed E-state index contributed by atoms with van der Waals surface area (Å²) in [5.41, 5.74) is 0.998. The fourth-order valence-corrected chi connectivity index (χ4v) is 0.978. The molecule has 0 aliphatic rings. The van der Waals surface area contributed by atoms with E-state index in [2.05, 4.69) is 17.1 Å². The summed E-state index contributed by atoms with van der Waals surface area (Å²) >= 11 is 0. The molecule has 0 atom stereocenters. The number of hydrogen-bond acceptors (Lipinski definition) is 1. The van der Waals surface area contributed by atoms with E-state index < -0.39 is 0 Å². The molecule has 2 rings (SSSR count). The summed E-state index contributed by atoms with van der Waals surface area (Å²) in [4.78, 5) is 0. The smallest absolute Gasteiger partial charge is 0.0501 e. The minimum Gasteiger partial charge on any atom is -0.197 e. The molecule has 0 aliphatic heterocycles. The van der Waals surface area contributed by atoms with Crippen LogP contribution in [0.25, 0.3) is 0 Å². The van der Waals surface area contributed by atoms with Crippen LogP contribution in [0.4, 0.5) is 0 Å². The van der Waals surface area contributed by atoms with Gasteiger partial charge in [-0.05, 0) is 24.1 Å². The molecule has 13 heavy (non-hydrogen) atoms. The van der Waals surface area contributed by atoms with Crippen molar-refractivity contribution in [1.82, 2.24) is 9.78 Å². The lowest BCUT2D eigenvalue weighted by Crippen LogP contribution is -1.86. The van der Waals surface area contributed by atoms with Crippen LogP contribution in [0.5, 0.6) is 0 Å². The minimum absolute atomic E-state index is 0.998. The van der Waals surface area contributed by atoms with E-state index in [0.29, 0.717) is 0 Å². The molecule has 0 spiro atoms. The van der Waals surface area contributed by atoms with Gasteiger partial charge in [0.25, 0.3) is 0 Å². The van der Waals surface area contributed by atoms with Gasteiger partial charge >= 0.3 is 0 Å². The minimum atomic E-state index is 0.998. The van der Waals surface area contributed by atoms with Crippen LogP contribution in [0, 0.1) is 12.0 Å². The van der Waals surface area contributed by atoms with Crippen LogP contribution in [-0.2, 0) is 0 Å². The van der Waals surface area contributed by atoms with Crippen LogP contribution in [-0.4, -0.2) is 9.78 Å². The molecule has 0 aliphatic carbocycles. The second kappa shape index (κ2) is 3.59. The third-order valence-corrected chi connectivity index (χ3v) is 1.59. The lowest BCUT2D eigenvalue weighted by molar-refractivity contribution is 0.916. The Bertz CT molecular complexity index is 418. The Hall–Kier alpha value is -2.01. The molecule has 0 bridgehead atoms. The van der Waals surface area contributed by atoms with Crippen molar-refractivity contribution in [1.29, 1.82) is 0 Å². The maximum absolute atomic E-state index is 3.97. The Balaban J connectivity index is 2.23. The van der Waals surface area contributed by atoms with Gasteiger partial charge in [-0.25, -0.2) is 0 Å². The van der Waals surface area contributed by atoms with Crippen molar-refractivity contribution >= 4 is 0 Å².